The average molecular weight is 240 g/mol. The van der Waals surface area contributed by atoms with Crippen LogP contribution in [0.5, 0.6) is 0 Å². The van der Waals surface area contributed by atoms with E-state index in [0.717, 1.165) is 12.3 Å². The molecule has 0 aliphatic carbocycles. The number of nitrogens with two attached hydrogens (primary N) is 1. The van der Waals surface area contributed by atoms with Gasteiger partial charge < -0.3 is 5.73 Å². The lowest BCUT2D eigenvalue weighted by Gasteiger charge is -2.49. The van der Waals surface area contributed by atoms with Gasteiger partial charge in [-0.25, -0.2) is 0 Å². The molecule has 0 spiro atoms. The fourth-order valence-corrected chi connectivity index (χ4v) is 3.32. The van der Waals surface area contributed by atoms with E-state index < -0.39 is 0 Å². The second kappa shape index (κ2) is 5.71. The highest BCUT2D eigenvalue weighted by Crippen LogP contribution is 2.33. The summed E-state index contributed by atoms with van der Waals surface area (Å²) in [4.78, 5) is 2.68. The lowest BCUT2D eigenvalue weighted by Crippen LogP contribution is -2.59. The summed E-state index contributed by atoms with van der Waals surface area (Å²) in [6.07, 6.45) is 3.76. The molecular weight excluding hydrogens is 208 g/mol. The van der Waals surface area contributed by atoms with Crippen LogP contribution in [0.3, 0.4) is 0 Å². The van der Waals surface area contributed by atoms with Gasteiger partial charge in [-0.15, -0.1) is 0 Å². The van der Waals surface area contributed by atoms with E-state index in [4.69, 9.17) is 5.73 Å². The van der Waals surface area contributed by atoms with E-state index in [2.05, 4.69) is 46.4 Å². The quantitative estimate of drug-likeness (QED) is 0.820. The topological polar surface area (TPSA) is 29.3 Å². The van der Waals surface area contributed by atoms with E-state index in [1.54, 1.807) is 0 Å². The van der Waals surface area contributed by atoms with Crippen molar-refractivity contribution >= 4 is 0 Å². The lowest BCUT2D eigenvalue weighted by molar-refractivity contribution is 0.00807. The first kappa shape index (κ1) is 15.0. The summed E-state index contributed by atoms with van der Waals surface area (Å²) in [6.45, 7) is 15.2. The van der Waals surface area contributed by atoms with Crippen LogP contribution >= 0.6 is 0 Å². The molecule has 0 bridgehead atoms. The van der Waals surface area contributed by atoms with Crippen LogP contribution < -0.4 is 5.73 Å². The Kier molecular flexibility index (Phi) is 5.03. The largest absolute Gasteiger partial charge is 0.326 e. The molecule has 1 saturated heterocycles. The molecule has 1 rings (SSSR count). The van der Waals surface area contributed by atoms with Gasteiger partial charge in [0.15, 0.2) is 0 Å². The van der Waals surface area contributed by atoms with Crippen molar-refractivity contribution in [2.75, 3.05) is 6.54 Å². The SMILES string of the molecule is CCC(N)C(N1CC(C)CCC1C)C(C)(C)C. The molecule has 1 fully saturated rings. The fraction of sp³-hybridized carbons (Fsp3) is 1.00. The molecule has 4 unspecified atom stereocenters. The molecule has 0 aromatic heterocycles. The van der Waals surface area contributed by atoms with Gasteiger partial charge in [-0.1, -0.05) is 34.6 Å². The first-order valence-electron chi connectivity index (χ1n) is 7.28. The molecule has 102 valence electrons. The second-order valence-electron chi connectivity index (χ2n) is 7.11. The van der Waals surface area contributed by atoms with E-state index in [1.165, 1.54) is 19.4 Å². The summed E-state index contributed by atoms with van der Waals surface area (Å²) < 4.78 is 0. The van der Waals surface area contributed by atoms with Crippen molar-refractivity contribution in [2.45, 2.75) is 78.9 Å². The van der Waals surface area contributed by atoms with Crippen LogP contribution in [0, 0.1) is 11.3 Å². The Balaban J connectivity index is 2.88. The standard InChI is InChI=1S/C15H32N2/c1-7-13(16)14(15(4,5)6)17-10-11(2)8-9-12(17)3/h11-14H,7-10,16H2,1-6H3. The maximum Gasteiger partial charge on any atom is 0.0298 e. The zero-order chi connectivity index (χ0) is 13.2. The Morgan fingerprint density at radius 1 is 1.24 bits per heavy atom. The van der Waals surface area contributed by atoms with Gasteiger partial charge in [0.2, 0.25) is 0 Å². The number of hydrogen-bond acceptors (Lipinski definition) is 2. The van der Waals surface area contributed by atoms with Crippen LogP contribution in [-0.4, -0.2) is 29.6 Å². The molecule has 0 radical (unpaired) electrons. The van der Waals surface area contributed by atoms with Crippen molar-refractivity contribution in [3.63, 3.8) is 0 Å². The van der Waals surface area contributed by atoms with Crippen molar-refractivity contribution in [2.24, 2.45) is 17.1 Å². The minimum Gasteiger partial charge on any atom is -0.326 e. The first-order chi connectivity index (χ1) is 7.77. The van der Waals surface area contributed by atoms with Crippen LogP contribution in [0.25, 0.3) is 0 Å². The Morgan fingerprint density at radius 2 is 1.82 bits per heavy atom. The van der Waals surface area contributed by atoms with Crippen molar-refractivity contribution in [1.82, 2.24) is 4.90 Å². The van der Waals surface area contributed by atoms with E-state index >= 15 is 0 Å². The molecule has 17 heavy (non-hydrogen) atoms. The van der Waals surface area contributed by atoms with Gasteiger partial charge in [-0.05, 0) is 37.5 Å². The molecule has 1 aliphatic rings. The van der Waals surface area contributed by atoms with E-state index in [9.17, 15) is 0 Å². The Morgan fingerprint density at radius 3 is 2.29 bits per heavy atom. The molecular formula is C15H32N2. The van der Waals surface area contributed by atoms with E-state index in [-0.39, 0.29) is 5.41 Å². The molecule has 0 aromatic rings. The monoisotopic (exact) mass is 240 g/mol. The summed E-state index contributed by atoms with van der Waals surface area (Å²) in [5, 5.41) is 0. The molecule has 2 heteroatoms. The predicted octanol–water partition coefficient (Wildman–Crippen LogP) is 3.26. The number of rotatable bonds is 3. The van der Waals surface area contributed by atoms with Crippen LogP contribution in [0.4, 0.5) is 0 Å². The van der Waals surface area contributed by atoms with Crippen molar-refractivity contribution in [3.8, 4) is 0 Å². The summed E-state index contributed by atoms with van der Waals surface area (Å²) in [5.41, 5.74) is 6.66. The minimum atomic E-state index is 0.265. The van der Waals surface area contributed by atoms with Gasteiger partial charge in [0.25, 0.3) is 0 Å². The summed E-state index contributed by atoms with van der Waals surface area (Å²) >= 11 is 0. The third kappa shape index (κ3) is 3.69. The summed E-state index contributed by atoms with van der Waals surface area (Å²) in [6, 6.07) is 1.49. The summed E-state index contributed by atoms with van der Waals surface area (Å²) in [5.74, 6) is 0.820. The predicted molar refractivity (Wildman–Crippen MR) is 76.1 cm³/mol. The molecule has 0 amide bonds. The number of nitrogens with zero attached hydrogens (tertiary/aromatic N) is 1. The van der Waals surface area contributed by atoms with Gasteiger partial charge in [-0.3, -0.25) is 4.90 Å². The molecule has 2 N–H and O–H groups in total. The van der Waals surface area contributed by atoms with Gasteiger partial charge in [-0.2, -0.15) is 0 Å². The Bertz CT molecular complexity index is 232. The maximum absolute atomic E-state index is 6.40. The summed E-state index contributed by atoms with van der Waals surface area (Å²) in [7, 11) is 0. The molecule has 0 saturated carbocycles. The van der Waals surface area contributed by atoms with Crippen molar-refractivity contribution < 1.29 is 0 Å². The molecule has 1 aliphatic heterocycles. The maximum atomic E-state index is 6.40. The molecule has 4 atom stereocenters. The molecule has 0 aromatic carbocycles. The van der Waals surface area contributed by atoms with Crippen LogP contribution in [0.15, 0.2) is 0 Å². The number of hydrogen-bond donors (Lipinski definition) is 1. The zero-order valence-electron chi connectivity index (χ0n) is 12.7. The highest BCUT2D eigenvalue weighted by Gasteiger charge is 2.38. The lowest BCUT2D eigenvalue weighted by atomic mass is 9.78. The van der Waals surface area contributed by atoms with E-state index in [0.29, 0.717) is 18.1 Å². The molecule has 1 heterocycles. The first-order valence-corrected chi connectivity index (χ1v) is 7.28. The van der Waals surface area contributed by atoms with Gasteiger partial charge in [0.05, 0.1) is 0 Å². The van der Waals surface area contributed by atoms with Crippen LogP contribution in [0.1, 0.15) is 60.8 Å². The fourth-order valence-electron chi connectivity index (χ4n) is 3.32. The van der Waals surface area contributed by atoms with Gasteiger partial charge in [0.1, 0.15) is 0 Å². The Hall–Kier alpha value is -0.0800. The highest BCUT2D eigenvalue weighted by molar-refractivity contribution is 4.94. The number of likely N-dealkylation sites (tertiary alicyclic amines) is 1. The van der Waals surface area contributed by atoms with Gasteiger partial charge in [0, 0.05) is 24.7 Å². The number of piperidine rings is 1. The smallest absolute Gasteiger partial charge is 0.0298 e. The highest BCUT2D eigenvalue weighted by atomic mass is 15.2. The normalized spacial score (nSPS) is 31.2. The minimum absolute atomic E-state index is 0.265. The average Bonchev–Trinajstić information content (AvgIpc) is 2.21. The zero-order valence-corrected chi connectivity index (χ0v) is 12.7. The third-order valence-corrected chi connectivity index (χ3v) is 4.29. The third-order valence-electron chi connectivity index (χ3n) is 4.29. The molecule has 2 nitrogen and oxygen atoms in total. The van der Waals surface area contributed by atoms with Crippen LogP contribution in [0.2, 0.25) is 0 Å². The van der Waals surface area contributed by atoms with Gasteiger partial charge >= 0.3 is 0 Å². The van der Waals surface area contributed by atoms with Crippen LogP contribution in [-0.2, 0) is 0 Å². The van der Waals surface area contributed by atoms with E-state index in [1.807, 2.05) is 0 Å². The van der Waals surface area contributed by atoms with Crippen molar-refractivity contribution in [1.29, 1.82) is 0 Å². The Labute approximate surface area is 108 Å². The second-order valence-corrected chi connectivity index (χ2v) is 7.11. The van der Waals surface area contributed by atoms with Crippen molar-refractivity contribution in [3.05, 3.63) is 0 Å².